The number of nitrogens with one attached hydrogen (secondary N) is 1. The van der Waals surface area contributed by atoms with Crippen LogP contribution in [0.1, 0.15) is 53.7 Å². The van der Waals surface area contributed by atoms with Crippen molar-refractivity contribution >= 4 is 11.6 Å². The number of anilines is 1. The maximum Gasteiger partial charge on any atom is 0.261 e. The molecule has 1 N–H and O–H groups in total. The molecule has 3 heterocycles. The van der Waals surface area contributed by atoms with Crippen molar-refractivity contribution in [3.63, 3.8) is 0 Å². The molecule has 24 heavy (non-hydrogen) atoms. The van der Waals surface area contributed by atoms with Crippen molar-refractivity contribution < 1.29 is 9.53 Å². The summed E-state index contributed by atoms with van der Waals surface area (Å²) in [5, 5.41) is 7.17. The van der Waals surface area contributed by atoms with Crippen LogP contribution in [-0.2, 0) is 4.74 Å². The summed E-state index contributed by atoms with van der Waals surface area (Å²) in [5.74, 6) is 1.16. The van der Waals surface area contributed by atoms with Crippen LogP contribution < -0.4 is 4.90 Å². The van der Waals surface area contributed by atoms with Gasteiger partial charge in [-0.25, -0.2) is 0 Å². The van der Waals surface area contributed by atoms with Crippen molar-refractivity contribution in [2.45, 2.75) is 32.1 Å². The van der Waals surface area contributed by atoms with E-state index in [9.17, 15) is 4.79 Å². The van der Waals surface area contributed by atoms with Gasteiger partial charge in [-0.05, 0) is 24.0 Å². The molecule has 2 unspecified atom stereocenters. The summed E-state index contributed by atoms with van der Waals surface area (Å²) in [7, 11) is 0. The Labute approximate surface area is 142 Å². The van der Waals surface area contributed by atoms with E-state index < -0.39 is 0 Å². The molecule has 1 aromatic carbocycles. The zero-order chi connectivity index (χ0) is 16.7. The lowest BCUT2D eigenvalue weighted by atomic mass is 9.90. The highest BCUT2D eigenvalue weighted by Gasteiger charge is 2.36. The van der Waals surface area contributed by atoms with Gasteiger partial charge in [-0.3, -0.25) is 9.89 Å². The molecule has 126 valence electrons. The average Bonchev–Trinajstić information content (AvgIpc) is 3.31. The number of H-pyrrole nitrogens is 1. The van der Waals surface area contributed by atoms with Gasteiger partial charge in [0, 0.05) is 30.7 Å². The number of benzene rings is 1. The normalized spacial score (nSPS) is 23.0. The second kappa shape index (κ2) is 6.06. The summed E-state index contributed by atoms with van der Waals surface area (Å²) in [4.78, 5) is 15.2. The first-order valence-electron chi connectivity index (χ1n) is 8.68. The minimum Gasteiger partial charge on any atom is -0.381 e. The molecule has 2 aliphatic heterocycles. The minimum atomic E-state index is 0.0428. The lowest BCUT2D eigenvalue weighted by Gasteiger charge is -2.20. The molecule has 2 atom stereocenters. The van der Waals surface area contributed by atoms with Crippen LogP contribution in [0, 0.1) is 5.92 Å². The van der Waals surface area contributed by atoms with E-state index in [1.54, 1.807) is 6.20 Å². The number of hydrogen-bond acceptors (Lipinski definition) is 3. The number of fused-ring (bicyclic) bond motifs is 1. The molecule has 2 aromatic rings. The van der Waals surface area contributed by atoms with E-state index in [0.29, 0.717) is 24.0 Å². The van der Waals surface area contributed by atoms with Gasteiger partial charge in [-0.2, -0.15) is 5.10 Å². The number of ether oxygens (including phenoxy) is 1. The summed E-state index contributed by atoms with van der Waals surface area (Å²) < 4.78 is 5.47. The standard InChI is InChI=1S/C19H23N3O2/c1-12(2)16-10-22(17-6-4-3-5-14(16)17)19(23)15-9-20-21-18(15)13-7-8-24-11-13/h3-6,9,12-13,16H,7-8,10-11H2,1-2H3,(H,20,21). The molecular weight excluding hydrogens is 302 g/mol. The maximum atomic E-state index is 13.2. The molecule has 0 spiro atoms. The molecule has 1 fully saturated rings. The molecule has 0 bridgehead atoms. The Bertz CT molecular complexity index is 747. The Morgan fingerprint density at radius 2 is 2.21 bits per heavy atom. The van der Waals surface area contributed by atoms with Crippen molar-refractivity contribution in [3.05, 3.63) is 47.3 Å². The van der Waals surface area contributed by atoms with Crippen molar-refractivity contribution in [1.29, 1.82) is 0 Å². The summed E-state index contributed by atoms with van der Waals surface area (Å²) >= 11 is 0. The number of nitrogens with zero attached hydrogens (tertiary/aromatic N) is 2. The van der Waals surface area contributed by atoms with Gasteiger partial charge in [0.05, 0.1) is 24.1 Å². The molecule has 5 heteroatoms. The monoisotopic (exact) mass is 325 g/mol. The van der Waals surface area contributed by atoms with E-state index in [2.05, 4.69) is 36.2 Å². The van der Waals surface area contributed by atoms with Crippen molar-refractivity contribution in [1.82, 2.24) is 10.2 Å². The predicted octanol–water partition coefficient (Wildman–Crippen LogP) is 3.31. The van der Waals surface area contributed by atoms with Gasteiger partial charge >= 0.3 is 0 Å². The van der Waals surface area contributed by atoms with Crippen LogP contribution in [0.15, 0.2) is 30.5 Å². The van der Waals surface area contributed by atoms with Gasteiger partial charge < -0.3 is 9.64 Å². The van der Waals surface area contributed by atoms with Crippen LogP contribution in [0.4, 0.5) is 5.69 Å². The van der Waals surface area contributed by atoms with Gasteiger partial charge in [0.15, 0.2) is 0 Å². The van der Waals surface area contributed by atoms with Crippen LogP contribution in [0.2, 0.25) is 0 Å². The van der Waals surface area contributed by atoms with Crippen molar-refractivity contribution in [3.8, 4) is 0 Å². The third-order valence-electron chi connectivity index (χ3n) is 5.29. The number of para-hydroxylation sites is 1. The van der Waals surface area contributed by atoms with Crippen LogP contribution in [0.5, 0.6) is 0 Å². The number of carbonyl (C=O) groups excluding carboxylic acids is 1. The highest BCUT2D eigenvalue weighted by atomic mass is 16.5. The zero-order valence-corrected chi connectivity index (χ0v) is 14.2. The summed E-state index contributed by atoms with van der Waals surface area (Å²) in [6, 6.07) is 8.26. The van der Waals surface area contributed by atoms with Crippen LogP contribution in [0.25, 0.3) is 0 Å². The molecule has 1 aromatic heterocycles. The van der Waals surface area contributed by atoms with Crippen molar-refractivity contribution in [2.75, 3.05) is 24.7 Å². The molecule has 4 rings (SSSR count). The Morgan fingerprint density at radius 3 is 2.96 bits per heavy atom. The Morgan fingerprint density at radius 1 is 1.38 bits per heavy atom. The highest BCUT2D eigenvalue weighted by molar-refractivity contribution is 6.08. The average molecular weight is 325 g/mol. The van der Waals surface area contributed by atoms with E-state index in [1.807, 2.05) is 17.0 Å². The topological polar surface area (TPSA) is 58.2 Å². The second-order valence-corrected chi connectivity index (χ2v) is 7.08. The van der Waals surface area contributed by atoms with E-state index in [4.69, 9.17) is 4.74 Å². The Kier molecular flexibility index (Phi) is 3.88. The number of rotatable bonds is 3. The zero-order valence-electron chi connectivity index (χ0n) is 14.2. The number of hydrogen-bond donors (Lipinski definition) is 1. The van der Waals surface area contributed by atoms with Crippen LogP contribution in [0.3, 0.4) is 0 Å². The third kappa shape index (κ3) is 2.44. The van der Waals surface area contributed by atoms with E-state index in [0.717, 1.165) is 31.0 Å². The first kappa shape index (κ1) is 15.4. The fourth-order valence-corrected chi connectivity index (χ4v) is 3.89. The summed E-state index contributed by atoms with van der Waals surface area (Å²) in [5.41, 5.74) is 3.92. The number of aromatic amines is 1. The first-order valence-corrected chi connectivity index (χ1v) is 8.68. The van der Waals surface area contributed by atoms with Crippen LogP contribution in [-0.4, -0.2) is 35.9 Å². The SMILES string of the molecule is CC(C)C1CN(C(=O)c2cn[nH]c2C2CCOC2)c2ccccc21. The largest absolute Gasteiger partial charge is 0.381 e. The van der Waals surface area contributed by atoms with E-state index in [-0.39, 0.29) is 11.8 Å². The first-order chi connectivity index (χ1) is 11.7. The quantitative estimate of drug-likeness (QED) is 0.942. The van der Waals surface area contributed by atoms with Crippen LogP contribution >= 0.6 is 0 Å². The Hall–Kier alpha value is -2.14. The molecule has 0 saturated carbocycles. The molecule has 0 radical (unpaired) electrons. The molecular formula is C19H23N3O2. The summed E-state index contributed by atoms with van der Waals surface area (Å²) in [6.45, 7) is 6.58. The second-order valence-electron chi connectivity index (χ2n) is 7.08. The number of carbonyl (C=O) groups is 1. The van der Waals surface area contributed by atoms with E-state index in [1.165, 1.54) is 5.56 Å². The van der Waals surface area contributed by atoms with Gasteiger partial charge in [-0.1, -0.05) is 32.0 Å². The smallest absolute Gasteiger partial charge is 0.261 e. The fraction of sp³-hybridized carbons (Fsp3) is 0.474. The molecule has 5 nitrogen and oxygen atoms in total. The van der Waals surface area contributed by atoms with Gasteiger partial charge in [-0.15, -0.1) is 0 Å². The maximum absolute atomic E-state index is 13.2. The highest BCUT2D eigenvalue weighted by Crippen LogP contribution is 2.41. The molecule has 1 saturated heterocycles. The number of amides is 1. The fourth-order valence-electron chi connectivity index (χ4n) is 3.89. The lowest BCUT2D eigenvalue weighted by Crippen LogP contribution is -2.31. The number of aromatic nitrogens is 2. The predicted molar refractivity (Wildman–Crippen MR) is 92.5 cm³/mol. The Balaban J connectivity index is 1.68. The van der Waals surface area contributed by atoms with Gasteiger partial charge in [0.25, 0.3) is 5.91 Å². The third-order valence-corrected chi connectivity index (χ3v) is 5.29. The lowest BCUT2D eigenvalue weighted by molar-refractivity contribution is 0.0986. The van der Waals surface area contributed by atoms with Gasteiger partial charge in [0.2, 0.25) is 0 Å². The van der Waals surface area contributed by atoms with Gasteiger partial charge in [0.1, 0.15) is 0 Å². The molecule has 2 aliphatic rings. The summed E-state index contributed by atoms with van der Waals surface area (Å²) in [6.07, 6.45) is 2.61. The molecule has 0 aliphatic carbocycles. The van der Waals surface area contributed by atoms with E-state index >= 15 is 0 Å². The van der Waals surface area contributed by atoms with Crippen molar-refractivity contribution in [2.24, 2.45) is 5.92 Å². The minimum absolute atomic E-state index is 0.0428. The molecule has 1 amide bonds.